The molecule has 1 heterocycles. The standard InChI is InChI=1S/C17H15N3O2/c1-10-9-14(16(18)21)7-8-15(10)12-3-5-13(6-4-12)17-19-11(2)22-20-17/h3-9H,1-2H3,(H2,18,21). The Bertz CT molecular complexity index is 835. The lowest BCUT2D eigenvalue weighted by molar-refractivity contribution is 0.1000. The van der Waals surface area contributed by atoms with E-state index in [1.165, 1.54) is 0 Å². The Morgan fingerprint density at radius 1 is 1.05 bits per heavy atom. The number of primary amides is 1. The van der Waals surface area contributed by atoms with Crippen LogP contribution in [0.25, 0.3) is 22.5 Å². The first-order valence-electron chi connectivity index (χ1n) is 6.86. The molecule has 5 heteroatoms. The number of benzene rings is 2. The molecule has 0 atom stereocenters. The van der Waals surface area contributed by atoms with Gasteiger partial charge in [-0.15, -0.1) is 0 Å². The van der Waals surface area contributed by atoms with E-state index in [0.29, 0.717) is 17.3 Å². The Labute approximate surface area is 127 Å². The zero-order valence-corrected chi connectivity index (χ0v) is 12.3. The van der Waals surface area contributed by atoms with Gasteiger partial charge in [-0.3, -0.25) is 4.79 Å². The summed E-state index contributed by atoms with van der Waals surface area (Å²) in [5.41, 5.74) is 9.81. The molecular weight excluding hydrogens is 278 g/mol. The molecule has 0 aliphatic heterocycles. The highest BCUT2D eigenvalue weighted by Crippen LogP contribution is 2.26. The van der Waals surface area contributed by atoms with Gasteiger partial charge in [0.1, 0.15) is 0 Å². The second-order valence-corrected chi connectivity index (χ2v) is 5.11. The molecule has 2 N–H and O–H groups in total. The van der Waals surface area contributed by atoms with Gasteiger partial charge in [0.05, 0.1) is 0 Å². The van der Waals surface area contributed by atoms with Gasteiger partial charge in [-0.2, -0.15) is 4.98 Å². The molecular formula is C17H15N3O2. The van der Waals surface area contributed by atoms with Gasteiger partial charge in [0, 0.05) is 18.1 Å². The average molecular weight is 293 g/mol. The third-order valence-corrected chi connectivity index (χ3v) is 3.49. The summed E-state index contributed by atoms with van der Waals surface area (Å²) in [5.74, 6) is 0.694. The van der Waals surface area contributed by atoms with E-state index in [0.717, 1.165) is 22.3 Å². The minimum Gasteiger partial charge on any atom is -0.366 e. The van der Waals surface area contributed by atoms with Crippen molar-refractivity contribution in [2.45, 2.75) is 13.8 Å². The number of aryl methyl sites for hydroxylation is 2. The summed E-state index contributed by atoms with van der Waals surface area (Å²) in [6, 6.07) is 13.3. The molecule has 0 saturated heterocycles. The van der Waals surface area contributed by atoms with Crippen molar-refractivity contribution >= 4 is 5.91 Å². The fraction of sp³-hybridized carbons (Fsp3) is 0.118. The van der Waals surface area contributed by atoms with Crippen molar-refractivity contribution in [3.05, 3.63) is 59.5 Å². The lowest BCUT2D eigenvalue weighted by Crippen LogP contribution is -2.10. The summed E-state index contributed by atoms with van der Waals surface area (Å²) >= 11 is 0. The van der Waals surface area contributed by atoms with Crippen LogP contribution in [0.4, 0.5) is 0 Å². The number of rotatable bonds is 3. The van der Waals surface area contributed by atoms with Crippen molar-refractivity contribution in [1.82, 2.24) is 10.1 Å². The summed E-state index contributed by atoms with van der Waals surface area (Å²) < 4.78 is 4.98. The smallest absolute Gasteiger partial charge is 0.248 e. The molecule has 1 aromatic heterocycles. The topological polar surface area (TPSA) is 82.0 Å². The minimum atomic E-state index is -0.419. The fourth-order valence-corrected chi connectivity index (χ4v) is 2.36. The normalized spacial score (nSPS) is 10.6. The number of nitrogens with two attached hydrogens (primary N) is 1. The Morgan fingerprint density at radius 2 is 1.73 bits per heavy atom. The molecule has 1 amide bonds. The first kappa shape index (κ1) is 14.0. The Balaban J connectivity index is 1.94. The number of carbonyl (C=O) groups is 1. The molecule has 0 fully saturated rings. The van der Waals surface area contributed by atoms with Crippen molar-refractivity contribution < 1.29 is 9.32 Å². The zero-order chi connectivity index (χ0) is 15.7. The summed E-state index contributed by atoms with van der Waals surface area (Å²) in [6.45, 7) is 3.72. The van der Waals surface area contributed by atoms with Crippen molar-refractivity contribution in [3.63, 3.8) is 0 Å². The summed E-state index contributed by atoms with van der Waals surface area (Å²) in [5, 5.41) is 3.90. The van der Waals surface area contributed by atoms with Crippen LogP contribution in [0.15, 0.2) is 47.0 Å². The van der Waals surface area contributed by atoms with Crippen LogP contribution in [-0.2, 0) is 0 Å². The van der Waals surface area contributed by atoms with E-state index in [-0.39, 0.29) is 0 Å². The molecule has 0 radical (unpaired) electrons. The number of hydrogen-bond acceptors (Lipinski definition) is 4. The highest BCUT2D eigenvalue weighted by Gasteiger charge is 2.08. The predicted octanol–water partition coefficient (Wildman–Crippen LogP) is 3.12. The van der Waals surface area contributed by atoms with Crippen LogP contribution in [0, 0.1) is 13.8 Å². The molecule has 0 aliphatic rings. The molecule has 0 unspecified atom stereocenters. The van der Waals surface area contributed by atoms with Gasteiger partial charge in [-0.05, 0) is 35.7 Å². The highest BCUT2D eigenvalue weighted by molar-refractivity contribution is 5.93. The third kappa shape index (κ3) is 2.61. The molecule has 22 heavy (non-hydrogen) atoms. The minimum absolute atomic E-state index is 0.419. The molecule has 110 valence electrons. The van der Waals surface area contributed by atoms with E-state index in [9.17, 15) is 4.79 Å². The van der Waals surface area contributed by atoms with E-state index >= 15 is 0 Å². The van der Waals surface area contributed by atoms with Crippen LogP contribution < -0.4 is 5.73 Å². The van der Waals surface area contributed by atoms with Gasteiger partial charge in [0.25, 0.3) is 0 Å². The van der Waals surface area contributed by atoms with Gasteiger partial charge in [0.15, 0.2) is 0 Å². The van der Waals surface area contributed by atoms with Gasteiger partial charge < -0.3 is 10.3 Å². The van der Waals surface area contributed by atoms with Crippen LogP contribution in [0.5, 0.6) is 0 Å². The second-order valence-electron chi connectivity index (χ2n) is 5.11. The van der Waals surface area contributed by atoms with Crippen molar-refractivity contribution in [2.75, 3.05) is 0 Å². The van der Waals surface area contributed by atoms with Crippen molar-refractivity contribution in [2.24, 2.45) is 5.73 Å². The lowest BCUT2D eigenvalue weighted by Gasteiger charge is -2.08. The van der Waals surface area contributed by atoms with Crippen LogP contribution in [0.1, 0.15) is 21.8 Å². The summed E-state index contributed by atoms with van der Waals surface area (Å²) in [6.07, 6.45) is 0. The van der Waals surface area contributed by atoms with E-state index in [4.69, 9.17) is 10.3 Å². The van der Waals surface area contributed by atoms with Gasteiger partial charge >= 0.3 is 0 Å². The summed E-state index contributed by atoms with van der Waals surface area (Å²) in [4.78, 5) is 15.4. The number of nitrogens with zero attached hydrogens (tertiary/aromatic N) is 2. The molecule has 0 bridgehead atoms. The quantitative estimate of drug-likeness (QED) is 0.804. The molecule has 0 spiro atoms. The molecule has 0 saturated carbocycles. The van der Waals surface area contributed by atoms with E-state index in [2.05, 4.69) is 10.1 Å². The van der Waals surface area contributed by atoms with Crippen LogP contribution >= 0.6 is 0 Å². The Hall–Kier alpha value is -2.95. The second kappa shape index (κ2) is 5.44. The van der Waals surface area contributed by atoms with Crippen molar-refractivity contribution in [3.8, 4) is 22.5 Å². The predicted molar refractivity (Wildman–Crippen MR) is 83.2 cm³/mol. The maximum absolute atomic E-state index is 11.2. The van der Waals surface area contributed by atoms with Crippen LogP contribution in [-0.4, -0.2) is 16.0 Å². The largest absolute Gasteiger partial charge is 0.366 e. The Kier molecular flexibility index (Phi) is 3.47. The molecule has 2 aromatic carbocycles. The van der Waals surface area contributed by atoms with Crippen LogP contribution in [0.3, 0.4) is 0 Å². The van der Waals surface area contributed by atoms with E-state index < -0.39 is 5.91 Å². The molecule has 3 rings (SSSR count). The maximum Gasteiger partial charge on any atom is 0.248 e. The average Bonchev–Trinajstić information content (AvgIpc) is 2.94. The number of carbonyl (C=O) groups excluding carboxylic acids is 1. The Morgan fingerprint density at radius 3 is 2.27 bits per heavy atom. The number of amides is 1. The van der Waals surface area contributed by atoms with Gasteiger partial charge in [-0.25, -0.2) is 0 Å². The monoisotopic (exact) mass is 293 g/mol. The van der Waals surface area contributed by atoms with Gasteiger partial charge in [0.2, 0.25) is 17.6 Å². The fourth-order valence-electron chi connectivity index (χ4n) is 2.36. The zero-order valence-electron chi connectivity index (χ0n) is 12.3. The SMILES string of the molecule is Cc1nc(-c2ccc(-c3ccc(C(N)=O)cc3C)cc2)no1. The van der Waals surface area contributed by atoms with Crippen LogP contribution in [0.2, 0.25) is 0 Å². The van der Waals surface area contributed by atoms with Crippen molar-refractivity contribution in [1.29, 1.82) is 0 Å². The first-order chi connectivity index (χ1) is 10.5. The maximum atomic E-state index is 11.2. The first-order valence-corrected chi connectivity index (χ1v) is 6.86. The molecule has 5 nitrogen and oxygen atoms in total. The lowest BCUT2D eigenvalue weighted by atomic mass is 9.97. The third-order valence-electron chi connectivity index (χ3n) is 3.49. The number of aromatic nitrogens is 2. The van der Waals surface area contributed by atoms with Gasteiger partial charge in [-0.1, -0.05) is 35.5 Å². The van der Waals surface area contributed by atoms with E-state index in [1.54, 1.807) is 19.1 Å². The molecule has 0 aliphatic carbocycles. The molecule has 3 aromatic rings. The summed E-state index contributed by atoms with van der Waals surface area (Å²) in [7, 11) is 0. The number of hydrogen-bond donors (Lipinski definition) is 1. The highest BCUT2D eigenvalue weighted by atomic mass is 16.5. The van der Waals surface area contributed by atoms with E-state index in [1.807, 2.05) is 37.3 Å².